The van der Waals surface area contributed by atoms with E-state index < -0.39 is 10.0 Å². The predicted octanol–water partition coefficient (Wildman–Crippen LogP) is 1.79. The lowest BCUT2D eigenvalue weighted by Gasteiger charge is -2.07. The second-order valence-electron chi connectivity index (χ2n) is 6.21. The number of hydrogen-bond donors (Lipinski definition) is 2. The highest BCUT2D eigenvalue weighted by Crippen LogP contribution is 2.21. The van der Waals surface area contributed by atoms with E-state index in [1.54, 1.807) is 6.92 Å². The van der Waals surface area contributed by atoms with E-state index in [4.69, 9.17) is 4.42 Å². The predicted molar refractivity (Wildman–Crippen MR) is 99.7 cm³/mol. The maximum atomic E-state index is 12.4. The van der Waals surface area contributed by atoms with Crippen molar-refractivity contribution in [1.29, 1.82) is 0 Å². The number of carbonyl (C=O) groups is 1. The first-order valence-corrected chi connectivity index (χ1v) is 9.35. The van der Waals surface area contributed by atoms with Gasteiger partial charge in [0.15, 0.2) is 0 Å². The lowest BCUT2D eigenvalue weighted by molar-refractivity contribution is 0.0949. The summed E-state index contributed by atoms with van der Waals surface area (Å²) in [5, 5.41) is 5.86. The molecule has 0 unspecified atom stereocenters. The van der Waals surface area contributed by atoms with Crippen LogP contribution in [0.25, 0.3) is 0 Å². The van der Waals surface area contributed by atoms with Gasteiger partial charge in [-0.2, -0.15) is 0 Å². The van der Waals surface area contributed by atoms with Gasteiger partial charge in [-0.3, -0.25) is 4.79 Å². The van der Waals surface area contributed by atoms with E-state index in [0.717, 1.165) is 23.0 Å². The van der Waals surface area contributed by atoms with E-state index in [-0.39, 0.29) is 34.7 Å². The second-order valence-corrected chi connectivity index (χ2v) is 8.29. The number of nitrogens with one attached hydrogen (secondary N) is 2. The number of carbonyl (C=O) groups excluding carboxylic acids is 1. The van der Waals surface area contributed by atoms with Crippen LogP contribution in [0.15, 0.2) is 33.8 Å². The van der Waals surface area contributed by atoms with Crippen molar-refractivity contribution in [2.75, 3.05) is 14.1 Å². The summed E-state index contributed by atoms with van der Waals surface area (Å²) in [7, 11) is -0.882. The number of sulfonamides is 1. The summed E-state index contributed by atoms with van der Waals surface area (Å²) in [6.07, 6.45) is 0. The molecule has 1 amide bonds. The summed E-state index contributed by atoms with van der Waals surface area (Å²) in [4.78, 5) is 12.4. The Kier molecular flexibility index (Phi) is 6.13. The van der Waals surface area contributed by atoms with Crippen molar-refractivity contribution in [3.63, 3.8) is 0 Å². The molecule has 3 rings (SSSR count). The number of benzene rings is 1. The third-order valence-electron chi connectivity index (χ3n) is 4.23. The van der Waals surface area contributed by atoms with Crippen LogP contribution < -0.4 is 10.6 Å². The molecule has 1 aromatic heterocycles. The summed E-state index contributed by atoms with van der Waals surface area (Å²) in [5.74, 6) is -0.0869. The Morgan fingerprint density at radius 3 is 2.62 bits per heavy atom. The first kappa shape index (κ1) is 20.4. The van der Waals surface area contributed by atoms with E-state index >= 15 is 0 Å². The molecule has 2 aromatic rings. The molecule has 7 nitrogen and oxygen atoms in total. The Balaban J connectivity index is 0.00000243. The van der Waals surface area contributed by atoms with Gasteiger partial charge < -0.3 is 15.1 Å². The minimum atomic E-state index is -3.71. The standard InChI is InChI=1S/C17H21N3O4S.ClH/c1-11-15(7-16(24-11)25(22,23)20(2)3)17(21)19-8-12-4-5-13-9-18-10-14(13)6-12;/h4-7,18H,8-10H2,1-3H3,(H,19,21);1H. The number of aryl methyl sites for hydroxylation is 1. The largest absolute Gasteiger partial charge is 0.448 e. The summed E-state index contributed by atoms with van der Waals surface area (Å²) >= 11 is 0. The van der Waals surface area contributed by atoms with E-state index in [1.807, 2.05) is 6.07 Å². The Morgan fingerprint density at radius 2 is 1.92 bits per heavy atom. The highest BCUT2D eigenvalue weighted by molar-refractivity contribution is 7.88. The van der Waals surface area contributed by atoms with E-state index in [2.05, 4.69) is 22.8 Å². The summed E-state index contributed by atoms with van der Waals surface area (Å²) < 4.78 is 30.5. The Bertz CT molecular complexity index is 922. The zero-order valence-electron chi connectivity index (χ0n) is 14.8. The number of amides is 1. The van der Waals surface area contributed by atoms with Crippen molar-refractivity contribution in [3.05, 3.63) is 52.3 Å². The normalized spacial score (nSPS) is 13.4. The zero-order chi connectivity index (χ0) is 18.2. The molecule has 0 bridgehead atoms. The molecule has 0 saturated carbocycles. The molecule has 0 aliphatic carbocycles. The molecular formula is C17H22ClN3O4S. The van der Waals surface area contributed by atoms with Crippen molar-refractivity contribution in [1.82, 2.24) is 14.9 Å². The molecule has 1 aliphatic rings. The van der Waals surface area contributed by atoms with Crippen LogP contribution in [0, 0.1) is 6.92 Å². The SMILES string of the molecule is Cc1oc(S(=O)(=O)N(C)C)cc1C(=O)NCc1ccc2c(c1)CNC2.Cl. The van der Waals surface area contributed by atoms with Crippen molar-refractivity contribution in [3.8, 4) is 0 Å². The molecule has 0 spiro atoms. The molecule has 0 radical (unpaired) electrons. The molecule has 0 atom stereocenters. The van der Waals surface area contributed by atoms with Crippen molar-refractivity contribution in [2.45, 2.75) is 31.7 Å². The monoisotopic (exact) mass is 399 g/mol. The van der Waals surface area contributed by atoms with Crippen LogP contribution >= 0.6 is 12.4 Å². The number of hydrogen-bond acceptors (Lipinski definition) is 5. The first-order valence-electron chi connectivity index (χ1n) is 7.91. The van der Waals surface area contributed by atoms with Gasteiger partial charge in [-0.05, 0) is 23.6 Å². The summed E-state index contributed by atoms with van der Waals surface area (Å²) in [5.41, 5.74) is 3.74. The van der Waals surface area contributed by atoms with Crippen molar-refractivity contribution >= 4 is 28.3 Å². The van der Waals surface area contributed by atoms with Crippen LogP contribution in [0.1, 0.15) is 32.8 Å². The smallest absolute Gasteiger partial charge is 0.275 e. The average molecular weight is 400 g/mol. The molecule has 2 heterocycles. The molecule has 0 fully saturated rings. The third-order valence-corrected chi connectivity index (χ3v) is 5.90. The second kappa shape index (κ2) is 7.79. The minimum absolute atomic E-state index is 0. The molecule has 142 valence electrons. The fraction of sp³-hybridized carbons (Fsp3) is 0.353. The molecular weight excluding hydrogens is 378 g/mol. The van der Waals surface area contributed by atoms with Gasteiger partial charge in [0, 0.05) is 39.8 Å². The minimum Gasteiger partial charge on any atom is -0.448 e. The molecule has 1 aliphatic heterocycles. The van der Waals surface area contributed by atoms with Gasteiger partial charge in [0.2, 0.25) is 5.09 Å². The fourth-order valence-corrected chi connectivity index (χ4v) is 3.58. The van der Waals surface area contributed by atoms with Crippen LogP contribution in [0.5, 0.6) is 0 Å². The topological polar surface area (TPSA) is 91.7 Å². The molecule has 26 heavy (non-hydrogen) atoms. The lowest BCUT2D eigenvalue weighted by atomic mass is 10.1. The Hall–Kier alpha value is -1.87. The lowest BCUT2D eigenvalue weighted by Crippen LogP contribution is -2.23. The van der Waals surface area contributed by atoms with Crippen molar-refractivity contribution < 1.29 is 17.6 Å². The zero-order valence-corrected chi connectivity index (χ0v) is 16.5. The number of rotatable bonds is 5. The van der Waals surface area contributed by atoms with Crippen LogP contribution in [-0.4, -0.2) is 32.7 Å². The van der Waals surface area contributed by atoms with Crippen LogP contribution in [0.2, 0.25) is 0 Å². The van der Waals surface area contributed by atoms with Gasteiger partial charge in [0.05, 0.1) is 5.56 Å². The highest BCUT2D eigenvalue weighted by Gasteiger charge is 2.25. The molecule has 2 N–H and O–H groups in total. The van der Waals surface area contributed by atoms with Gasteiger partial charge in [-0.15, -0.1) is 12.4 Å². The fourth-order valence-electron chi connectivity index (χ4n) is 2.72. The van der Waals surface area contributed by atoms with Gasteiger partial charge in [0.1, 0.15) is 5.76 Å². The average Bonchev–Trinajstić information content (AvgIpc) is 3.18. The Labute approximate surface area is 159 Å². The van der Waals surface area contributed by atoms with E-state index in [1.165, 1.54) is 31.3 Å². The number of halogens is 1. The van der Waals surface area contributed by atoms with Gasteiger partial charge >= 0.3 is 0 Å². The summed E-state index contributed by atoms with van der Waals surface area (Å²) in [6.45, 7) is 3.65. The Morgan fingerprint density at radius 1 is 1.23 bits per heavy atom. The third kappa shape index (κ3) is 3.93. The molecule has 1 aromatic carbocycles. The van der Waals surface area contributed by atoms with E-state index in [0.29, 0.717) is 6.54 Å². The first-order chi connectivity index (χ1) is 11.8. The maximum absolute atomic E-state index is 12.4. The van der Waals surface area contributed by atoms with Crippen molar-refractivity contribution in [2.24, 2.45) is 0 Å². The van der Waals surface area contributed by atoms with Crippen LogP contribution in [0.3, 0.4) is 0 Å². The number of fused-ring (bicyclic) bond motifs is 1. The van der Waals surface area contributed by atoms with Gasteiger partial charge in [-0.1, -0.05) is 18.2 Å². The maximum Gasteiger partial charge on any atom is 0.275 e. The number of furan rings is 1. The number of nitrogens with zero attached hydrogens (tertiary/aromatic N) is 1. The van der Waals surface area contributed by atoms with Gasteiger partial charge in [-0.25, -0.2) is 12.7 Å². The van der Waals surface area contributed by atoms with Crippen LogP contribution in [0.4, 0.5) is 0 Å². The molecule has 9 heteroatoms. The highest BCUT2D eigenvalue weighted by atomic mass is 35.5. The quantitative estimate of drug-likeness (QED) is 0.799. The molecule has 0 saturated heterocycles. The summed E-state index contributed by atoms with van der Waals surface area (Å²) in [6, 6.07) is 7.38. The van der Waals surface area contributed by atoms with E-state index in [9.17, 15) is 13.2 Å². The van der Waals surface area contributed by atoms with Gasteiger partial charge in [0.25, 0.3) is 15.9 Å². The van der Waals surface area contributed by atoms with Crippen LogP contribution in [-0.2, 0) is 29.7 Å².